The molecule has 3 aromatic heterocycles. The molecule has 2 aliphatic heterocycles. The molecule has 0 aliphatic carbocycles. The first kappa shape index (κ1) is 24.1. The minimum absolute atomic E-state index is 0.348. The van der Waals surface area contributed by atoms with Gasteiger partial charge in [0.1, 0.15) is 5.76 Å². The van der Waals surface area contributed by atoms with E-state index in [1.54, 1.807) is 18.3 Å². The fourth-order valence-corrected chi connectivity index (χ4v) is 5.12. The summed E-state index contributed by atoms with van der Waals surface area (Å²) < 4.78 is 5.28. The van der Waals surface area contributed by atoms with Crippen LogP contribution in [0.2, 0.25) is 0 Å². The molecule has 0 saturated carbocycles. The molecule has 2 N–H and O–H groups in total. The summed E-state index contributed by atoms with van der Waals surface area (Å²) in [6.07, 6.45) is 5.37. The molecule has 2 amide bonds. The molecule has 0 spiro atoms. The Morgan fingerprint density at radius 2 is 2.03 bits per heavy atom. The summed E-state index contributed by atoms with van der Waals surface area (Å²) in [4.78, 5) is 39.5. The second-order valence-corrected chi connectivity index (χ2v) is 9.92. The molecule has 2 aliphatic rings. The van der Waals surface area contributed by atoms with Gasteiger partial charge in [-0.2, -0.15) is 0 Å². The Morgan fingerprint density at radius 1 is 1.19 bits per heavy atom. The van der Waals surface area contributed by atoms with Gasteiger partial charge in [0, 0.05) is 25.8 Å². The molecule has 0 radical (unpaired) electrons. The van der Waals surface area contributed by atoms with Crippen LogP contribution in [0.5, 0.6) is 0 Å². The number of nitrogens with zero attached hydrogens (tertiary/aromatic N) is 5. The van der Waals surface area contributed by atoms with Crippen LogP contribution in [0.15, 0.2) is 39.9 Å². The van der Waals surface area contributed by atoms with Crippen LogP contribution in [0.4, 0.5) is 10.7 Å². The van der Waals surface area contributed by atoms with Gasteiger partial charge in [0.15, 0.2) is 0 Å². The number of hydrogen-bond acceptors (Lipinski definition) is 10. The van der Waals surface area contributed by atoms with Gasteiger partial charge in [0.05, 0.1) is 33.2 Å². The number of aromatic nitrogens is 4. The number of pyridine rings is 1. The second kappa shape index (κ2) is 10.6. The topological polar surface area (TPSA) is 126 Å². The molecule has 36 heavy (non-hydrogen) atoms. The lowest BCUT2D eigenvalue weighted by Gasteiger charge is -2.32. The Kier molecular flexibility index (Phi) is 7.10. The van der Waals surface area contributed by atoms with E-state index in [-0.39, 0.29) is 11.1 Å². The van der Waals surface area contributed by atoms with Gasteiger partial charge in [-0.1, -0.05) is 11.2 Å². The third kappa shape index (κ3) is 5.47. The molecule has 2 fully saturated rings. The van der Waals surface area contributed by atoms with Crippen molar-refractivity contribution in [1.82, 2.24) is 30.7 Å². The highest BCUT2D eigenvalue weighted by molar-refractivity contribution is 8.18. The molecule has 0 bridgehead atoms. The number of imide groups is 1. The number of aryl methyl sites for hydroxylation is 2. The average Bonchev–Trinajstić information content (AvgIpc) is 3.38. The van der Waals surface area contributed by atoms with Crippen LogP contribution < -0.4 is 15.5 Å². The van der Waals surface area contributed by atoms with Crippen molar-refractivity contribution in [2.75, 3.05) is 24.5 Å². The Bertz CT molecular complexity index is 1290. The quantitative estimate of drug-likeness (QED) is 0.461. The maximum absolute atomic E-state index is 11.8. The highest BCUT2D eigenvalue weighted by atomic mass is 32.2. The van der Waals surface area contributed by atoms with Crippen LogP contribution >= 0.6 is 11.8 Å². The van der Waals surface area contributed by atoms with Crippen LogP contribution in [-0.2, 0) is 11.3 Å². The minimum atomic E-state index is -0.385. The van der Waals surface area contributed by atoms with Crippen molar-refractivity contribution in [1.29, 1.82) is 0 Å². The summed E-state index contributed by atoms with van der Waals surface area (Å²) in [6, 6.07) is 7.77. The molecular formula is C25H27N7O3S. The van der Waals surface area contributed by atoms with Crippen molar-refractivity contribution in [3.63, 3.8) is 0 Å². The number of nitrogens with one attached hydrogen (secondary N) is 2. The number of thioether (sulfide) groups is 1. The van der Waals surface area contributed by atoms with Crippen molar-refractivity contribution in [3.8, 4) is 11.3 Å². The molecule has 0 aromatic carbocycles. The lowest BCUT2D eigenvalue weighted by atomic mass is 9.97. The number of piperidine rings is 1. The Labute approximate surface area is 213 Å². The van der Waals surface area contributed by atoms with Gasteiger partial charge in [-0.15, -0.1) is 0 Å². The predicted octanol–water partition coefficient (Wildman–Crippen LogP) is 3.47. The summed E-state index contributed by atoms with van der Waals surface area (Å²) >= 11 is 0.886. The predicted molar refractivity (Wildman–Crippen MR) is 137 cm³/mol. The second-order valence-electron chi connectivity index (χ2n) is 8.91. The zero-order valence-corrected chi connectivity index (χ0v) is 21.0. The summed E-state index contributed by atoms with van der Waals surface area (Å²) in [5.41, 5.74) is 4.30. The van der Waals surface area contributed by atoms with Crippen LogP contribution in [0.3, 0.4) is 0 Å². The summed E-state index contributed by atoms with van der Waals surface area (Å²) in [5.74, 6) is 1.60. The van der Waals surface area contributed by atoms with Crippen molar-refractivity contribution in [2.24, 2.45) is 5.92 Å². The lowest BCUT2D eigenvalue weighted by molar-refractivity contribution is -0.115. The highest BCUT2D eigenvalue weighted by Crippen LogP contribution is 2.27. The van der Waals surface area contributed by atoms with Crippen molar-refractivity contribution in [2.45, 2.75) is 33.2 Å². The van der Waals surface area contributed by atoms with E-state index in [0.29, 0.717) is 29.0 Å². The fraction of sp³-hybridized carbons (Fsp3) is 0.360. The average molecular weight is 506 g/mol. The highest BCUT2D eigenvalue weighted by Gasteiger charge is 2.26. The van der Waals surface area contributed by atoms with Crippen LogP contribution in [0.1, 0.15) is 35.7 Å². The maximum Gasteiger partial charge on any atom is 0.290 e. The summed E-state index contributed by atoms with van der Waals surface area (Å²) in [5, 5.41) is 9.49. The van der Waals surface area contributed by atoms with Gasteiger partial charge in [0.2, 0.25) is 5.95 Å². The number of carbonyl (C=O) groups is 2. The Hall–Kier alpha value is -3.57. The third-order valence-electron chi connectivity index (χ3n) is 6.32. The van der Waals surface area contributed by atoms with E-state index in [0.717, 1.165) is 72.6 Å². The molecule has 3 aromatic rings. The summed E-state index contributed by atoms with van der Waals surface area (Å²) in [7, 11) is 0. The number of rotatable bonds is 7. The fourth-order valence-electron chi connectivity index (χ4n) is 4.46. The SMILES string of the molecule is Cc1noc(C)c1-c1cccc(CNCC2CCN(c3nccc(/C=C4\SC(=O)NC4=O)n3)CC2)n1. The number of anilines is 1. The molecule has 0 atom stereocenters. The third-order valence-corrected chi connectivity index (χ3v) is 7.13. The van der Waals surface area contributed by atoms with E-state index in [2.05, 4.69) is 30.7 Å². The van der Waals surface area contributed by atoms with Gasteiger partial charge in [-0.25, -0.2) is 9.97 Å². The van der Waals surface area contributed by atoms with Crippen LogP contribution in [-0.4, -0.2) is 50.9 Å². The molecule has 11 heteroatoms. The monoisotopic (exact) mass is 505 g/mol. The van der Waals surface area contributed by atoms with Gasteiger partial charge in [0.25, 0.3) is 11.1 Å². The molecule has 5 heterocycles. The first-order chi connectivity index (χ1) is 17.5. The molecule has 2 saturated heterocycles. The lowest BCUT2D eigenvalue weighted by Crippen LogP contribution is -2.38. The number of hydrogen-bond donors (Lipinski definition) is 2. The Morgan fingerprint density at radius 3 is 2.75 bits per heavy atom. The van der Waals surface area contributed by atoms with E-state index in [9.17, 15) is 9.59 Å². The molecular weight excluding hydrogens is 478 g/mol. The van der Waals surface area contributed by atoms with Gasteiger partial charge >= 0.3 is 0 Å². The minimum Gasteiger partial charge on any atom is -0.361 e. The van der Waals surface area contributed by atoms with Crippen molar-refractivity contribution >= 4 is 34.9 Å². The standard InChI is InChI=1S/C25H27N7O3S/c1-15-22(16(2)35-31-15)20-5-3-4-19(28-20)14-26-13-17-7-10-32(11-8-17)24-27-9-6-18(29-24)12-21-23(33)30-25(34)36-21/h3-6,9,12,17,26H,7-8,10-11,13-14H2,1-2H3,(H,30,33,34)/b21-12-. The molecule has 0 unspecified atom stereocenters. The van der Waals surface area contributed by atoms with Crippen molar-refractivity contribution < 1.29 is 14.1 Å². The van der Waals surface area contributed by atoms with Crippen LogP contribution in [0, 0.1) is 19.8 Å². The van der Waals surface area contributed by atoms with E-state index >= 15 is 0 Å². The number of amides is 2. The van der Waals surface area contributed by atoms with Gasteiger partial charge in [-0.3, -0.25) is 19.9 Å². The van der Waals surface area contributed by atoms with Crippen molar-refractivity contribution in [3.05, 3.63) is 58.2 Å². The number of carbonyl (C=O) groups excluding carboxylic acids is 2. The van der Waals surface area contributed by atoms with E-state index < -0.39 is 0 Å². The Balaban J connectivity index is 1.12. The smallest absolute Gasteiger partial charge is 0.290 e. The zero-order chi connectivity index (χ0) is 25.1. The van der Waals surface area contributed by atoms with Gasteiger partial charge < -0.3 is 14.7 Å². The zero-order valence-electron chi connectivity index (χ0n) is 20.2. The normalized spacial score (nSPS) is 17.7. The van der Waals surface area contributed by atoms with E-state index in [1.807, 2.05) is 32.0 Å². The summed E-state index contributed by atoms with van der Waals surface area (Å²) in [6.45, 7) is 7.17. The first-order valence-electron chi connectivity index (χ1n) is 11.9. The maximum atomic E-state index is 11.8. The largest absolute Gasteiger partial charge is 0.361 e. The van der Waals surface area contributed by atoms with E-state index in [4.69, 9.17) is 9.51 Å². The van der Waals surface area contributed by atoms with Gasteiger partial charge in [-0.05, 0) is 75.2 Å². The van der Waals surface area contributed by atoms with Crippen LogP contribution in [0.25, 0.3) is 17.3 Å². The molecule has 186 valence electrons. The first-order valence-corrected chi connectivity index (χ1v) is 12.7. The molecule has 10 nitrogen and oxygen atoms in total. The van der Waals surface area contributed by atoms with E-state index in [1.165, 1.54) is 0 Å². The molecule has 5 rings (SSSR count).